The smallest absolute Gasteiger partial charge is 0.251 e. The minimum absolute atomic E-state index is 0.176. The number of carbonyl (C=O) groups is 1. The van der Waals surface area contributed by atoms with Crippen LogP contribution in [0.2, 0.25) is 0 Å². The Bertz CT molecular complexity index is 752. The number of nitrogens with one attached hydrogen (secondary N) is 1. The lowest BCUT2D eigenvalue weighted by Crippen LogP contribution is -2.23. The highest BCUT2D eigenvalue weighted by Gasteiger charge is 2.09. The van der Waals surface area contributed by atoms with Gasteiger partial charge in [-0.05, 0) is 19.1 Å². The van der Waals surface area contributed by atoms with Gasteiger partial charge in [-0.15, -0.1) is 11.3 Å². The molecular formula is C13H12N6OS. The van der Waals surface area contributed by atoms with Crippen LogP contribution in [0.25, 0.3) is 5.82 Å². The van der Waals surface area contributed by atoms with E-state index in [1.54, 1.807) is 29.7 Å². The summed E-state index contributed by atoms with van der Waals surface area (Å²) in [7, 11) is 0. The molecule has 0 saturated carbocycles. The second-order valence-corrected chi connectivity index (χ2v) is 5.35. The Balaban J connectivity index is 1.71. The van der Waals surface area contributed by atoms with Gasteiger partial charge in [0.05, 0.1) is 17.2 Å². The Hall–Kier alpha value is -2.61. The monoisotopic (exact) mass is 300 g/mol. The summed E-state index contributed by atoms with van der Waals surface area (Å²) in [4.78, 5) is 24.5. The van der Waals surface area contributed by atoms with Crippen LogP contribution in [0.1, 0.15) is 21.1 Å². The highest BCUT2D eigenvalue weighted by atomic mass is 32.1. The number of carbonyl (C=O) groups excluding carboxylic acids is 1. The maximum atomic E-state index is 12.1. The van der Waals surface area contributed by atoms with Crippen LogP contribution in [0.3, 0.4) is 0 Å². The molecule has 0 aliphatic rings. The largest absolute Gasteiger partial charge is 0.346 e. The summed E-state index contributed by atoms with van der Waals surface area (Å²) in [5, 5.41) is 9.74. The van der Waals surface area contributed by atoms with Crippen molar-refractivity contribution in [1.29, 1.82) is 0 Å². The number of hydrogen-bond acceptors (Lipinski definition) is 6. The van der Waals surface area contributed by atoms with Crippen LogP contribution in [0, 0.1) is 6.92 Å². The molecule has 106 valence electrons. The second kappa shape index (κ2) is 5.80. The fourth-order valence-corrected chi connectivity index (χ4v) is 2.39. The van der Waals surface area contributed by atoms with Gasteiger partial charge in [-0.25, -0.2) is 19.6 Å². The summed E-state index contributed by atoms with van der Waals surface area (Å²) < 4.78 is 1.50. The van der Waals surface area contributed by atoms with Gasteiger partial charge in [0, 0.05) is 17.1 Å². The van der Waals surface area contributed by atoms with Gasteiger partial charge in [0.1, 0.15) is 12.7 Å². The van der Waals surface area contributed by atoms with Crippen LogP contribution in [-0.4, -0.2) is 30.6 Å². The zero-order valence-corrected chi connectivity index (χ0v) is 12.0. The molecular weight excluding hydrogens is 288 g/mol. The van der Waals surface area contributed by atoms with E-state index in [0.717, 1.165) is 10.7 Å². The average molecular weight is 300 g/mol. The Morgan fingerprint density at radius 1 is 1.48 bits per heavy atom. The molecule has 0 bridgehead atoms. The van der Waals surface area contributed by atoms with Gasteiger partial charge >= 0.3 is 0 Å². The number of thiazole rings is 1. The van der Waals surface area contributed by atoms with Crippen molar-refractivity contribution in [2.75, 3.05) is 0 Å². The Labute approximate surface area is 124 Å². The normalized spacial score (nSPS) is 10.5. The summed E-state index contributed by atoms with van der Waals surface area (Å²) in [6, 6.07) is 3.32. The molecule has 0 aliphatic carbocycles. The van der Waals surface area contributed by atoms with E-state index in [1.165, 1.54) is 17.3 Å². The van der Waals surface area contributed by atoms with E-state index in [0.29, 0.717) is 17.9 Å². The maximum absolute atomic E-state index is 12.1. The van der Waals surface area contributed by atoms with Crippen molar-refractivity contribution in [1.82, 2.24) is 30.0 Å². The van der Waals surface area contributed by atoms with Crippen LogP contribution in [-0.2, 0) is 6.54 Å². The molecule has 0 atom stereocenters. The first-order chi connectivity index (χ1) is 10.2. The van der Waals surface area contributed by atoms with E-state index in [-0.39, 0.29) is 5.91 Å². The van der Waals surface area contributed by atoms with E-state index < -0.39 is 0 Å². The van der Waals surface area contributed by atoms with Gasteiger partial charge < -0.3 is 5.32 Å². The molecule has 3 aromatic heterocycles. The highest BCUT2D eigenvalue weighted by Crippen LogP contribution is 2.09. The number of hydrogen-bond donors (Lipinski definition) is 1. The van der Waals surface area contributed by atoms with Gasteiger partial charge in [-0.1, -0.05) is 0 Å². The first kappa shape index (κ1) is 13.4. The van der Waals surface area contributed by atoms with Crippen molar-refractivity contribution >= 4 is 17.2 Å². The van der Waals surface area contributed by atoms with Crippen LogP contribution in [0.4, 0.5) is 0 Å². The number of amides is 1. The predicted octanol–water partition coefficient (Wildman–Crippen LogP) is 1.36. The molecule has 0 unspecified atom stereocenters. The van der Waals surface area contributed by atoms with Crippen LogP contribution >= 0.6 is 11.3 Å². The minimum Gasteiger partial charge on any atom is -0.346 e. The fourth-order valence-electron chi connectivity index (χ4n) is 1.77. The van der Waals surface area contributed by atoms with Crippen LogP contribution < -0.4 is 5.32 Å². The van der Waals surface area contributed by atoms with Crippen molar-refractivity contribution in [3.8, 4) is 5.82 Å². The Morgan fingerprint density at radius 3 is 3.10 bits per heavy atom. The highest BCUT2D eigenvalue weighted by molar-refractivity contribution is 7.09. The Morgan fingerprint density at radius 2 is 2.38 bits per heavy atom. The Kier molecular flexibility index (Phi) is 3.69. The summed E-state index contributed by atoms with van der Waals surface area (Å²) in [5.41, 5.74) is 1.37. The minimum atomic E-state index is -0.176. The zero-order valence-electron chi connectivity index (χ0n) is 11.2. The molecule has 0 radical (unpaired) electrons. The first-order valence-electron chi connectivity index (χ1n) is 6.22. The second-order valence-electron chi connectivity index (χ2n) is 4.28. The molecule has 3 heterocycles. The van der Waals surface area contributed by atoms with Crippen molar-refractivity contribution in [2.24, 2.45) is 0 Å². The lowest BCUT2D eigenvalue weighted by molar-refractivity contribution is 0.0950. The van der Waals surface area contributed by atoms with Gasteiger partial charge in [0.25, 0.3) is 5.91 Å². The molecule has 8 heteroatoms. The SMILES string of the molecule is Cc1nc(CNC(=O)c2ccnc(-n3cncn3)c2)cs1. The van der Waals surface area contributed by atoms with Crippen molar-refractivity contribution in [3.05, 3.63) is 52.6 Å². The average Bonchev–Trinajstić information content (AvgIpc) is 3.16. The van der Waals surface area contributed by atoms with Gasteiger partial charge in [0.2, 0.25) is 0 Å². The van der Waals surface area contributed by atoms with E-state index in [1.807, 2.05) is 12.3 Å². The molecule has 1 amide bonds. The molecule has 0 fully saturated rings. The molecule has 3 rings (SSSR count). The number of pyridine rings is 1. The number of aromatic nitrogens is 5. The van der Waals surface area contributed by atoms with E-state index in [2.05, 4.69) is 25.4 Å². The quantitative estimate of drug-likeness (QED) is 0.786. The number of rotatable bonds is 4. The molecule has 7 nitrogen and oxygen atoms in total. The van der Waals surface area contributed by atoms with Crippen molar-refractivity contribution < 1.29 is 4.79 Å². The number of nitrogens with zero attached hydrogens (tertiary/aromatic N) is 5. The lowest BCUT2D eigenvalue weighted by Gasteiger charge is -2.05. The summed E-state index contributed by atoms with van der Waals surface area (Å²) in [6.45, 7) is 2.34. The van der Waals surface area contributed by atoms with Gasteiger partial charge in [-0.2, -0.15) is 5.10 Å². The van der Waals surface area contributed by atoms with Gasteiger partial charge in [-0.3, -0.25) is 4.79 Å². The molecule has 1 N–H and O–H groups in total. The fraction of sp³-hybridized carbons (Fsp3) is 0.154. The summed E-state index contributed by atoms with van der Waals surface area (Å²) in [5.74, 6) is 0.370. The van der Waals surface area contributed by atoms with E-state index >= 15 is 0 Å². The molecule has 0 aromatic carbocycles. The van der Waals surface area contributed by atoms with Gasteiger partial charge in [0.15, 0.2) is 5.82 Å². The molecule has 3 aromatic rings. The molecule has 0 aliphatic heterocycles. The molecule has 0 saturated heterocycles. The van der Waals surface area contributed by atoms with Crippen molar-refractivity contribution in [3.63, 3.8) is 0 Å². The molecule has 21 heavy (non-hydrogen) atoms. The number of aryl methyl sites for hydroxylation is 1. The van der Waals surface area contributed by atoms with E-state index in [4.69, 9.17) is 0 Å². The summed E-state index contributed by atoms with van der Waals surface area (Å²) in [6.07, 6.45) is 4.51. The first-order valence-corrected chi connectivity index (χ1v) is 7.10. The third-order valence-corrected chi connectivity index (χ3v) is 3.58. The topological polar surface area (TPSA) is 85.6 Å². The third-order valence-electron chi connectivity index (χ3n) is 2.76. The molecule has 0 spiro atoms. The lowest BCUT2D eigenvalue weighted by atomic mass is 10.2. The standard InChI is InChI=1S/C13H12N6OS/c1-9-18-11(6-21-9)5-16-13(20)10-2-3-15-12(4-10)19-8-14-7-17-19/h2-4,6-8H,5H2,1H3,(H,16,20). The third kappa shape index (κ3) is 3.11. The van der Waals surface area contributed by atoms with E-state index in [9.17, 15) is 4.79 Å². The van der Waals surface area contributed by atoms with Crippen LogP contribution in [0.15, 0.2) is 36.4 Å². The van der Waals surface area contributed by atoms with Crippen molar-refractivity contribution in [2.45, 2.75) is 13.5 Å². The predicted molar refractivity (Wildman–Crippen MR) is 77.2 cm³/mol. The van der Waals surface area contributed by atoms with Crippen LogP contribution in [0.5, 0.6) is 0 Å². The zero-order chi connectivity index (χ0) is 14.7. The maximum Gasteiger partial charge on any atom is 0.251 e. The summed E-state index contributed by atoms with van der Waals surface area (Å²) >= 11 is 1.56.